The van der Waals surface area contributed by atoms with E-state index in [4.69, 9.17) is 28.6 Å². The summed E-state index contributed by atoms with van der Waals surface area (Å²) in [5.74, 6) is -0.742. The van der Waals surface area contributed by atoms with Crippen LogP contribution in [0.25, 0.3) is 0 Å². The molecule has 136 valence electrons. The van der Waals surface area contributed by atoms with Gasteiger partial charge in [0, 0.05) is 6.54 Å². The predicted molar refractivity (Wildman–Crippen MR) is 97.4 cm³/mol. The van der Waals surface area contributed by atoms with Gasteiger partial charge in [0.05, 0.1) is 33.7 Å². The maximum atomic E-state index is 12.9. The maximum Gasteiger partial charge on any atom is 0.328 e. The van der Waals surface area contributed by atoms with Crippen LogP contribution in [0.1, 0.15) is 19.8 Å². The van der Waals surface area contributed by atoms with Crippen molar-refractivity contribution >= 4 is 50.4 Å². The second-order valence-corrected chi connectivity index (χ2v) is 8.87. The van der Waals surface area contributed by atoms with Gasteiger partial charge in [-0.05, 0) is 25.5 Å². The van der Waals surface area contributed by atoms with E-state index in [1.54, 1.807) is 12.1 Å². The first-order valence-electron chi connectivity index (χ1n) is 7.53. The summed E-state index contributed by atoms with van der Waals surface area (Å²) in [4.78, 5) is 25.1. The molecular formula is C16H18ClNO5S2. The molecule has 1 heterocycles. The largest absolute Gasteiger partial charge is 0.467 e. The van der Waals surface area contributed by atoms with Crippen molar-refractivity contribution in [1.82, 2.24) is 4.90 Å². The molecule has 0 saturated carbocycles. The summed E-state index contributed by atoms with van der Waals surface area (Å²) in [6, 6.07) is 5.32. The minimum atomic E-state index is -3.76. The number of Topliss-reactive ketones (excluding diaryl/α,β-unsaturated/α-hetero) is 1. The van der Waals surface area contributed by atoms with E-state index in [1.807, 2.05) is 0 Å². The minimum Gasteiger partial charge on any atom is -0.467 e. The molecule has 9 heteroatoms. The van der Waals surface area contributed by atoms with E-state index < -0.39 is 27.1 Å². The van der Waals surface area contributed by atoms with Crippen molar-refractivity contribution in [2.24, 2.45) is 0 Å². The molecule has 0 N–H and O–H groups in total. The van der Waals surface area contributed by atoms with Gasteiger partial charge in [0.1, 0.15) is 11.8 Å². The van der Waals surface area contributed by atoms with Crippen LogP contribution in [0.4, 0.5) is 0 Å². The van der Waals surface area contributed by atoms with Gasteiger partial charge >= 0.3 is 5.97 Å². The summed E-state index contributed by atoms with van der Waals surface area (Å²) in [5.41, 5.74) is 0. The second kappa shape index (κ2) is 7.80. The molecule has 2 atom stereocenters. The Labute approximate surface area is 157 Å². The molecule has 1 aromatic carbocycles. The summed E-state index contributed by atoms with van der Waals surface area (Å²) in [5, 5.41) is -0.747. The molecule has 0 aliphatic carbocycles. The normalized spacial score (nSPS) is 20.4. The lowest BCUT2D eigenvalue weighted by molar-refractivity contribution is -0.144. The summed E-state index contributed by atoms with van der Waals surface area (Å²) >= 11 is 11.3. The van der Waals surface area contributed by atoms with Crippen LogP contribution >= 0.6 is 23.8 Å². The number of sulfone groups is 1. The Bertz CT molecular complexity index is 808. The number of ether oxygens (including phenoxy) is 1. The number of methoxy groups -OCH3 is 1. The monoisotopic (exact) mass is 403 g/mol. The third kappa shape index (κ3) is 4.19. The van der Waals surface area contributed by atoms with E-state index in [0.717, 1.165) is 0 Å². The Morgan fingerprint density at radius 3 is 2.56 bits per heavy atom. The van der Waals surface area contributed by atoms with Gasteiger partial charge in [-0.25, -0.2) is 13.2 Å². The van der Waals surface area contributed by atoms with Gasteiger partial charge < -0.3 is 9.64 Å². The molecule has 1 aromatic rings. The molecule has 1 aliphatic rings. The third-order valence-electron chi connectivity index (χ3n) is 4.04. The first-order chi connectivity index (χ1) is 11.7. The van der Waals surface area contributed by atoms with Crippen LogP contribution in [0.5, 0.6) is 0 Å². The number of carbonyl (C=O) groups is 2. The van der Waals surface area contributed by atoms with E-state index >= 15 is 0 Å². The first kappa shape index (κ1) is 19.8. The highest BCUT2D eigenvalue weighted by Gasteiger charge is 2.45. The van der Waals surface area contributed by atoms with Crippen LogP contribution in [0.15, 0.2) is 29.2 Å². The Balaban J connectivity index is 2.35. The molecule has 0 aromatic heterocycles. The lowest BCUT2D eigenvalue weighted by Gasteiger charge is -2.24. The van der Waals surface area contributed by atoms with E-state index in [2.05, 4.69) is 0 Å². The fourth-order valence-corrected chi connectivity index (χ4v) is 5.45. The lowest BCUT2D eigenvalue weighted by atomic mass is 10.2. The molecule has 2 rings (SSSR count). The van der Waals surface area contributed by atoms with Crippen LogP contribution in [0.3, 0.4) is 0 Å². The molecule has 1 fully saturated rings. The number of hydrogen-bond donors (Lipinski definition) is 0. The smallest absolute Gasteiger partial charge is 0.328 e. The van der Waals surface area contributed by atoms with Crippen molar-refractivity contribution in [2.45, 2.75) is 36.0 Å². The van der Waals surface area contributed by atoms with Gasteiger partial charge in [0.15, 0.2) is 9.84 Å². The topological polar surface area (TPSA) is 80.8 Å². The molecule has 1 unspecified atom stereocenters. The van der Waals surface area contributed by atoms with Gasteiger partial charge in [-0.3, -0.25) is 4.79 Å². The van der Waals surface area contributed by atoms with Crippen molar-refractivity contribution in [2.75, 3.05) is 13.7 Å². The second-order valence-electron chi connectivity index (χ2n) is 5.80. The third-order valence-corrected chi connectivity index (χ3v) is 7.05. The van der Waals surface area contributed by atoms with E-state index in [0.29, 0.717) is 0 Å². The highest BCUT2D eigenvalue weighted by molar-refractivity contribution is 7.92. The van der Waals surface area contributed by atoms with Crippen molar-refractivity contribution in [3.8, 4) is 0 Å². The minimum absolute atomic E-state index is 0.0133. The van der Waals surface area contributed by atoms with Gasteiger partial charge in [-0.15, -0.1) is 0 Å². The lowest BCUT2D eigenvalue weighted by Crippen LogP contribution is -2.41. The Morgan fingerprint density at radius 2 is 2.00 bits per heavy atom. The number of carbonyl (C=O) groups excluding carboxylic acids is 2. The fourth-order valence-electron chi connectivity index (χ4n) is 2.83. The number of nitrogens with zero attached hydrogens (tertiary/aromatic N) is 1. The van der Waals surface area contributed by atoms with Crippen LogP contribution < -0.4 is 0 Å². The number of rotatable bonds is 5. The summed E-state index contributed by atoms with van der Waals surface area (Å²) < 4.78 is 30.6. The van der Waals surface area contributed by atoms with E-state index in [9.17, 15) is 18.0 Å². The zero-order valence-electron chi connectivity index (χ0n) is 13.8. The number of thiocarbonyl (C=S) groups is 1. The molecule has 0 bridgehead atoms. The average Bonchev–Trinajstić information content (AvgIpc) is 3.00. The zero-order valence-corrected chi connectivity index (χ0v) is 16.2. The van der Waals surface area contributed by atoms with Crippen LogP contribution in [-0.4, -0.2) is 55.0 Å². The fraction of sp³-hybridized carbons (Fsp3) is 0.438. The van der Waals surface area contributed by atoms with E-state index in [-0.39, 0.29) is 40.1 Å². The van der Waals surface area contributed by atoms with Gasteiger partial charge in [-0.2, -0.15) is 0 Å². The number of hydrogen-bond acceptors (Lipinski definition) is 6. The summed E-state index contributed by atoms with van der Waals surface area (Å²) in [7, 11) is -2.54. The summed E-state index contributed by atoms with van der Waals surface area (Å²) in [6.07, 6.45) is -0.0000367. The van der Waals surface area contributed by atoms with Crippen molar-refractivity contribution in [1.29, 1.82) is 0 Å². The molecule has 0 radical (unpaired) electrons. The quantitative estimate of drug-likeness (QED) is 0.549. The van der Waals surface area contributed by atoms with Crippen LogP contribution in [0, 0.1) is 0 Å². The Hall–Kier alpha value is -1.51. The maximum absolute atomic E-state index is 12.9. The van der Waals surface area contributed by atoms with Crippen molar-refractivity contribution in [3.05, 3.63) is 29.3 Å². The number of likely N-dealkylation sites (tertiary alicyclic amines) is 1. The molecule has 0 amide bonds. The molecule has 25 heavy (non-hydrogen) atoms. The van der Waals surface area contributed by atoms with Crippen LogP contribution in [-0.2, 0) is 24.2 Å². The van der Waals surface area contributed by atoms with Gasteiger partial charge in [-0.1, -0.05) is 36.0 Å². The molecular weight excluding hydrogens is 386 g/mol. The predicted octanol–water partition coefficient (Wildman–Crippen LogP) is 2.04. The molecule has 1 saturated heterocycles. The highest BCUT2D eigenvalue weighted by atomic mass is 35.5. The van der Waals surface area contributed by atoms with Gasteiger partial charge in [0.25, 0.3) is 0 Å². The first-order valence-corrected chi connectivity index (χ1v) is 9.87. The number of benzene rings is 1. The highest BCUT2D eigenvalue weighted by Crippen LogP contribution is 2.32. The van der Waals surface area contributed by atoms with Crippen LogP contribution in [0.2, 0.25) is 5.02 Å². The standard InChI is InChI=1S/C16H18ClNO5S2/c1-10(19)7-15(24)18-9-11(8-13(18)16(20)23-2)25(21,22)14-6-4-3-5-12(14)17/h3-6,11,13H,7-9H2,1-2H3/t11-,13?/m1/s1. The number of ketones is 1. The Morgan fingerprint density at radius 1 is 1.36 bits per heavy atom. The van der Waals surface area contributed by atoms with Crippen molar-refractivity contribution < 1.29 is 22.7 Å². The Kier molecular flexibility index (Phi) is 6.18. The van der Waals surface area contributed by atoms with Gasteiger partial charge in [0.2, 0.25) is 0 Å². The number of halogens is 1. The summed E-state index contributed by atoms with van der Waals surface area (Å²) in [6.45, 7) is 1.40. The molecule has 6 nitrogen and oxygen atoms in total. The molecule has 0 spiro atoms. The van der Waals surface area contributed by atoms with E-state index in [1.165, 1.54) is 31.1 Å². The number of esters is 1. The molecule has 1 aliphatic heterocycles. The van der Waals surface area contributed by atoms with Crippen molar-refractivity contribution in [3.63, 3.8) is 0 Å². The SMILES string of the molecule is COC(=O)C1C[C@@H](S(=O)(=O)c2ccccc2Cl)CN1C(=S)CC(C)=O. The average molecular weight is 404 g/mol. The zero-order chi connectivity index (χ0) is 18.8.